The Labute approximate surface area is 138 Å². The topological polar surface area (TPSA) is 58.4 Å². The molecular formula is C16H17ClFN3O2. The number of fused-ring (bicyclic) bond motifs is 1. The molecule has 1 aromatic carbocycles. The number of aliphatic hydroxyl groups excluding tert-OH is 1. The third-order valence-electron chi connectivity index (χ3n) is 3.94. The summed E-state index contributed by atoms with van der Waals surface area (Å²) in [7, 11) is 0. The van der Waals surface area contributed by atoms with Crippen LogP contribution >= 0.6 is 11.6 Å². The lowest BCUT2D eigenvalue weighted by atomic mass is 10.1. The minimum absolute atomic E-state index is 0.0568. The number of hydrogen-bond acceptors (Lipinski definition) is 3. The maximum absolute atomic E-state index is 13.1. The molecule has 0 saturated carbocycles. The summed E-state index contributed by atoms with van der Waals surface area (Å²) in [4.78, 5) is 14.3. The van der Waals surface area contributed by atoms with Crippen molar-refractivity contribution in [3.63, 3.8) is 0 Å². The van der Waals surface area contributed by atoms with E-state index in [0.29, 0.717) is 24.3 Å². The number of carbonyl (C=O) groups excluding carboxylic acids is 1. The van der Waals surface area contributed by atoms with Crippen LogP contribution in [-0.4, -0.2) is 32.2 Å². The molecule has 2 aromatic rings. The van der Waals surface area contributed by atoms with Crippen LogP contribution in [0.3, 0.4) is 0 Å². The molecule has 0 bridgehead atoms. The van der Waals surface area contributed by atoms with Gasteiger partial charge in [-0.05, 0) is 30.2 Å². The Bertz CT molecular complexity index is 732. The molecule has 0 spiro atoms. The average Bonchev–Trinajstić information content (AvgIpc) is 2.80. The van der Waals surface area contributed by atoms with Gasteiger partial charge in [-0.15, -0.1) is 0 Å². The largest absolute Gasteiger partial charge is 0.390 e. The van der Waals surface area contributed by atoms with Crippen LogP contribution < -0.4 is 0 Å². The van der Waals surface area contributed by atoms with Crippen molar-refractivity contribution >= 4 is 17.5 Å². The third-order valence-corrected chi connectivity index (χ3v) is 4.29. The van der Waals surface area contributed by atoms with Crippen molar-refractivity contribution < 1.29 is 14.3 Å². The Balaban J connectivity index is 1.74. The summed E-state index contributed by atoms with van der Waals surface area (Å²) in [5.74, 6) is -0.472. The van der Waals surface area contributed by atoms with Crippen molar-refractivity contribution in [3.8, 4) is 0 Å². The molecule has 5 nitrogen and oxygen atoms in total. The van der Waals surface area contributed by atoms with Crippen molar-refractivity contribution in [2.45, 2.75) is 32.5 Å². The van der Waals surface area contributed by atoms with Gasteiger partial charge in [0, 0.05) is 18.1 Å². The molecule has 0 atom stereocenters. The van der Waals surface area contributed by atoms with Crippen LogP contribution in [0.5, 0.6) is 0 Å². The van der Waals surface area contributed by atoms with E-state index in [1.54, 1.807) is 11.0 Å². The number of rotatable bonds is 3. The summed E-state index contributed by atoms with van der Waals surface area (Å²) < 4.78 is 14.9. The summed E-state index contributed by atoms with van der Waals surface area (Å²) in [5, 5.41) is 13.7. The Kier molecular flexibility index (Phi) is 4.63. The first-order valence-corrected chi connectivity index (χ1v) is 7.83. The summed E-state index contributed by atoms with van der Waals surface area (Å²) in [6, 6.07) is 5.88. The molecular weight excluding hydrogens is 321 g/mol. The van der Waals surface area contributed by atoms with Crippen LogP contribution in [0.1, 0.15) is 23.4 Å². The van der Waals surface area contributed by atoms with Gasteiger partial charge in [-0.1, -0.05) is 17.7 Å². The molecule has 0 fully saturated rings. The normalized spacial score (nSPS) is 14.5. The molecule has 1 amide bonds. The predicted octanol–water partition coefficient (Wildman–Crippen LogP) is 2.14. The molecule has 3 rings (SSSR count). The Hall–Kier alpha value is -1.92. The van der Waals surface area contributed by atoms with Crippen molar-refractivity contribution in [2.24, 2.45) is 0 Å². The number of amides is 1. The second-order valence-electron chi connectivity index (χ2n) is 5.59. The Morgan fingerprint density at radius 1 is 1.35 bits per heavy atom. The van der Waals surface area contributed by atoms with Gasteiger partial charge in [-0.2, -0.15) is 5.10 Å². The number of carbonyl (C=O) groups is 1. The first kappa shape index (κ1) is 16.0. The van der Waals surface area contributed by atoms with Gasteiger partial charge in [0.25, 0.3) is 0 Å². The van der Waals surface area contributed by atoms with Gasteiger partial charge in [0.2, 0.25) is 5.91 Å². The van der Waals surface area contributed by atoms with E-state index in [1.165, 1.54) is 12.1 Å². The maximum atomic E-state index is 13.1. The number of aromatic nitrogens is 2. The molecule has 7 heteroatoms. The van der Waals surface area contributed by atoms with Gasteiger partial charge in [-0.25, -0.2) is 4.39 Å². The fourth-order valence-electron chi connectivity index (χ4n) is 2.75. The first-order valence-electron chi connectivity index (χ1n) is 7.45. The molecule has 0 unspecified atom stereocenters. The van der Waals surface area contributed by atoms with E-state index in [-0.39, 0.29) is 24.0 Å². The maximum Gasteiger partial charge on any atom is 0.227 e. The molecule has 122 valence electrons. The number of halogens is 2. The molecule has 23 heavy (non-hydrogen) atoms. The van der Waals surface area contributed by atoms with E-state index < -0.39 is 5.82 Å². The number of hydrogen-bond donors (Lipinski definition) is 1. The van der Waals surface area contributed by atoms with Crippen molar-refractivity contribution in [2.75, 3.05) is 6.54 Å². The SMILES string of the molecule is O=C(Cc1ccc(F)cc1Cl)N1CCCn2nc(CO)cc2C1. The standard InChI is InChI=1S/C16H17ClFN3O2/c17-15-7-12(18)3-2-11(15)6-16(23)20-4-1-5-21-14(9-20)8-13(10-22)19-21/h2-3,7-8,22H,1,4-6,9-10H2. The first-order chi connectivity index (χ1) is 11.1. The second-order valence-corrected chi connectivity index (χ2v) is 6.00. The van der Waals surface area contributed by atoms with Gasteiger partial charge in [0.05, 0.1) is 31.0 Å². The minimum Gasteiger partial charge on any atom is -0.390 e. The molecule has 0 radical (unpaired) electrons. The van der Waals surface area contributed by atoms with Crippen LogP contribution in [0.2, 0.25) is 5.02 Å². The van der Waals surface area contributed by atoms with E-state index >= 15 is 0 Å². The quantitative estimate of drug-likeness (QED) is 0.933. The van der Waals surface area contributed by atoms with E-state index in [9.17, 15) is 14.3 Å². The van der Waals surface area contributed by atoms with Gasteiger partial charge in [0.15, 0.2) is 0 Å². The fraction of sp³-hybridized carbons (Fsp3) is 0.375. The summed E-state index contributed by atoms with van der Waals surface area (Å²) in [5.41, 5.74) is 2.13. The highest BCUT2D eigenvalue weighted by atomic mass is 35.5. The molecule has 1 aliphatic heterocycles. The van der Waals surface area contributed by atoms with Crippen LogP contribution in [0.4, 0.5) is 4.39 Å². The highest BCUT2D eigenvalue weighted by Crippen LogP contribution is 2.20. The van der Waals surface area contributed by atoms with E-state index in [1.807, 2.05) is 10.7 Å². The van der Waals surface area contributed by atoms with Gasteiger partial charge < -0.3 is 10.0 Å². The zero-order valence-corrected chi connectivity index (χ0v) is 13.3. The summed E-state index contributed by atoms with van der Waals surface area (Å²) in [6.07, 6.45) is 0.933. The van der Waals surface area contributed by atoms with Gasteiger partial charge in [0.1, 0.15) is 5.82 Å². The predicted molar refractivity (Wildman–Crippen MR) is 83.3 cm³/mol. The lowest BCUT2D eigenvalue weighted by molar-refractivity contribution is -0.131. The van der Waals surface area contributed by atoms with Gasteiger partial charge >= 0.3 is 0 Å². The number of aliphatic hydroxyl groups is 1. The molecule has 0 aliphatic carbocycles. The number of aryl methyl sites for hydroxylation is 1. The lowest BCUT2D eigenvalue weighted by Crippen LogP contribution is -2.32. The zero-order chi connectivity index (χ0) is 16.4. The lowest BCUT2D eigenvalue weighted by Gasteiger charge is -2.20. The Morgan fingerprint density at radius 2 is 2.17 bits per heavy atom. The van der Waals surface area contributed by atoms with Crippen LogP contribution in [0, 0.1) is 5.82 Å². The third kappa shape index (κ3) is 3.54. The van der Waals surface area contributed by atoms with Crippen molar-refractivity contribution in [1.29, 1.82) is 0 Å². The van der Waals surface area contributed by atoms with Crippen molar-refractivity contribution in [1.82, 2.24) is 14.7 Å². The Morgan fingerprint density at radius 3 is 2.91 bits per heavy atom. The van der Waals surface area contributed by atoms with Gasteiger partial charge in [-0.3, -0.25) is 9.48 Å². The van der Waals surface area contributed by atoms with E-state index in [2.05, 4.69) is 5.10 Å². The molecule has 0 saturated heterocycles. The molecule has 1 aromatic heterocycles. The van der Waals surface area contributed by atoms with E-state index in [0.717, 1.165) is 18.7 Å². The van der Waals surface area contributed by atoms with E-state index in [4.69, 9.17) is 11.6 Å². The summed E-state index contributed by atoms with van der Waals surface area (Å²) in [6.45, 7) is 1.69. The smallest absolute Gasteiger partial charge is 0.227 e. The van der Waals surface area contributed by atoms with Crippen LogP contribution in [0.25, 0.3) is 0 Å². The monoisotopic (exact) mass is 337 g/mol. The van der Waals surface area contributed by atoms with Crippen LogP contribution in [0.15, 0.2) is 24.3 Å². The molecule has 2 heterocycles. The highest BCUT2D eigenvalue weighted by molar-refractivity contribution is 6.31. The second kappa shape index (κ2) is 6.68. The number of nitrogens with zero attached hydrogens (tertiary/aromatic N) is 3. The van der Waals surface area contributed by atoms with Crippen LogP contribution in [-0.2, 0) is 30.9 Å². The number of benzene rings is 1. The average molecular weight is 338 g/mol. The van der Waals surface area contributed by atoms with Crippen molar-refractivity contribution in [3.05, 3.63) is 52.1 Å². The minimum atomic E-state index is -0.415. The molecule has 1 aliphatic rings. The fourth-order valence-corrected chi connectivity index (χ4v) is 2.99. The summed E-state index contributed by atoms with van der Waals surface area (Å²) >= 11 is 6.00. The molecule has 1 N–H and O–H groups in total. The zero-order valence-electron chi connectivity index (χ0n) is 12.5. The highest BCUT2D eigenvalue weighted by Gasteiger charge is 2.21.